The summed E-state index contributed by atoms with van der Waals surface area (Å²) in [5.74, 6) is -3.65. The van der Waals surface area contributed by atoms with E-state index in [2.05, 4.69) is 16.0 Å². The highest BCUT2D eigenvalue weighted by atomic mass is 16.5. The summed E-state index contributed by atoms with van der Waals surface area (Å²) in [5.41, 5.74) is 1.24. The van der Waals surface area contributed by atoms with Crippen LogP contribution in [0.2, 0.25) is 0 Å². The van der Waals surface area contributed by atoms with E-state index in [1.165, 1.54) is 6.92 Å². The molecule has 1 aliphatic heterocycles. The largest absolute Gasteiger partial charge is 0.461 e. The van der Waals surface area contributed by atoms with Gasteiger partial charge in [0.2, 0.25) is 17.7 Å². The second-order valence-corrected chi connectivity index (χ2v) is 7.63. The monoisotopic (exact) mass is 458 g/mol. The van der Waals surface area contributed by atoms with Gasteiger partial charge in [-0.1, -0.05) is 26.0 Å². The third-order valence-electron chi connectivity index (χ3n) is 4.57. The molecule has 0 spiro atoms. The number of nitrogens with zero attached hydrogens (tertiary/aromatic N) is 1. The van der Waals surface area contributed by atoms with E-state index in [9.17, 15) is 28.8 Å². The van der Waals surface area contributed by atoms with Gasteiger partial charge >= 0.3 is 5.97 Å². The Kier molecular flexibility index (Phi) is 8.84. The van der Waals surface area contributed by atoms with Crippen molar-refractivity contribution in [1.82, 2.24) is 15.5 Å². The van der Waals surface area contributed by atoms with Crippen molar-refractivity contribution in [3.63, 3.8) is 0 Å². The number of nitrogens with one attached hydrogen (secondary N) is 3. The maximum atomic E-state index is 12.5. The van der Waals surface area contributed by atoms with Gasteiger partial charge in [-0.2, -0.15) is 0 Å². The zero-order valence-corrected chi connectivity index (χ0v) is 18.5. The van der Waals surface area contributed by atoms with Crippen molar-refractivity contribution < 1.29 is 33.5 Å². The predicted molar refractivity (Wildman–Crippen MR) is 116 cm³/mol. The van der Waals surface area contributed by atoms with Gasteiger partial charge in [0.15, 0.2) is 0 Å². The molecule has 0 radical (unpaired) electrons. The molecule has 2 rings (SSSR count). The highest BCUT2D eigenvalue weighted by Crippen LogP contribution is 2.10. The molecule has 0 saturated carbocycles. The highest BCUT2D eigenvalue weighted by molar-refractivity contribution is 6.14. The smallest absolute Gasteiger partial charge is 0.302 e. The van der Waals surface area contributed by atoms with Crippen LogP contribution in [0.5, 0.6) is 0 Å². The number of hydrogen-bond acceptors (Lipinski definition) is 7. The Hall–Kier alpha value is -4.02. The summed E-state index contributed by atoms with van der Waals surface area (Å²) in [5, 5.41) is 7.57. The SMILES string of the molecule is CC(=O)OCc1ccc(NC(=O)CNC(=O)C(NC(=O)CN2C(=O)C=CC2=O)C(C)C)cc1. The summed E-state index contributed by atoms with van der Waals surface area (Å²) in [4.78, 5) is 71.6. The number of imide groups is 1. The van der Waals surface area contributed by atoms with Crippen LogP contribution in [0.3, 0.4) is 0 Å². The average molecular weight is 458 g/mol. The lowest BCUT2D eigenvalue weighted by molar-refractivity contribution is -0.142. The van der Waals surface area contributed by atoms with Gasteiger partial charge < -0.3 is 20.7 Å². The Balaban J connectivity index is 1.82. The van der Waals surface area contributed by atoms with Crippen LogP contribution in [0, 0.1) is 5.92 Å². The first-order chi connectivity index (χ1) is 15.6. The first-order valence-electron chi connectivity index (χ1n) is 10.2. The minimum absolute atomic E-state index is 0.124. The molecule has 0 aromatic heterocycles. The molecule has 0 bridgehead atoms. The number of carbonyl (C=O) groups excluding carboxylic acids is 6. The van der Waals surface area contributed by atoms with Crippen molar-refractivity contribution in [2.24, 2.45) is 5.92 Å². The van der Waals surface area contributed by atoms with E-state index >= 15 is 0 Å². The van der Waals surface area contributed by atoms with E-state index < -0.39 is 48.1 Å². The normalized spacial score (nSPS) is 13.6. The molecular formula is C22H26N4O7. The van der Waals surface area contributed by atoms with Crippen LogP contribution in [0.15, 0.2) is 36.4 Å². The van der Waals surface area contributed by atoms with Crippen LogP contribution in [0.4, 0.5) is 5.69 Å². The van der Waals surface area contributed by atoms with Crippen molar-refractivity contribution >= 4 is 41.2 Å². The van der Waals surface area contributed by atoms with Crippen LogP contribution in [-0.4, -0.2) is 59.5 Å². The van der Waals surface area contributed by atoms with Gasteiger partial charge in [-0.25, -0.2) is 0 Å². The molecule has 1 aromatic carbocycles. The molecule has 176 valence electrons. The number of hydrogen-bond donors (Lipinski definition) is 3. The fourth-order valence-corrected chi connectivity index (χ4v) is 2.84. The summed E-state index contributed by atoms with van der Waals surface area (Å²) in [6, 6.07) is 5.67. The molecule has 1 heterocycles. The van der Waals surface area contributed by atoms with E-state index in [1.807, 2.05) is 0 Å². The number of ether oxygens (including phenoxy) is 1. The van der Waals surface area contributed by atoms with Gasteiger partial charge in [0.25, 0.3) is 11.8 Å². The van der Waals surface area contributed by atoms with Crippen LogP contribution in [-0.2, 0) is 40.1 Å². The summed E-state index contributed by atoms with van der Waals surface area (Å²) in [6.07, 6.45) is 2.13. The standard InChI is InChI=1S/C22H26N4O7/c1-13(2)21(25-18(29)11-26-19(30)8-9-20(26)31)22(32)23-10-17(28)24-16-6-4-15(5-7-16)12-33-14(3)27/h4-9,13,21H,10-12H2,1-3H3,(H,23,32)(H,24,28)(H,25,29). The van der Waals surface area contributed by atoms with E-state index in [0.29, 0.717) is 5.69 Å². The summed E-state index contributed by atoms with van der Waals surface area (Å²) in [6.45, 7) is 4.00. The van der Waals surface area contributed by atoms with Crippen LogP contribution < -0.4 is 16.0 Å². The first kappa shape index (κ1) is 25.2. The highest BCUT2D eigenvalue weighted by Gasteiger charge is 2.29. The van der Waals surface area contributed by atoms with Crippen LogP contribution in [0.1, 0.15) is 26.3 Å². The van der Waals surface area contributed by atoms with Crippen molar-refractivity contribution in [2.45, 2.75) is 33.4 Å². The quantitative estimate of drug-likeness (QED) is 0.326. The lowest BCUT2D eigenvalue weighted by Crippen LogP contribution is -2.53. The topological polar surface area (TPSA) is 151 Å². The number of benzene rings is 1. The Morgan fingerprint density at radius 3 is 2.12 bits per heavy atom. The van der Waals surface area contributed by atoms with Crippen molar-refractivity contribution in [2.75, 3.05) is 18.4 Å². The molecule has 33 heavy (non-hydrogen) atoms. The van der Waals surface area contributed by atoms with Gasteiger partial charge in [0.1, 0.15) is 19.2 Å². The van der Waals surface area contributed by atoms with Crippen LogP contribution >= 0.6 is 0 Å². The third-order valence-corrected chi connectivity index (χ3v) is 4.57. The molecule has 11 heteroatoms. The van der Waals surface area contributed by atoms with Gasteiger partial charge in [-0.15, -0.1) is 0 Å². The fraction of sp³-hybridized carbons (Fsp3) is 0.364. The van der Waals surface area contributed by atoms with Gasteiger partial charge in [-0.05, 0) is 23.6 Å². The molecule has 0 aliphatic carbocycles. The lowest BCUT2D eigenvalue weighted by Gasteiger charge is -2.23. The van der Waals surface area contributed by atoms with Crippen molar-refractivity contribution in [3.05, 3.63) is 42.0 Å². The first-order valence-corrected chi connectivity index (χ1v) is 10.2. The van der Waals surface area contributed by atoms with E-state index in [1.54, 1.807) is 38.1 Å². The number of amides is 5. The summed E-state index contributed by atoms with van der Waals surface area (Å²) >= 11 is 0. The molecule has 1 aromatic rings. The maximum absolute atomic E-state index is 12.5. The molecule has 1 unspecified atom stereocenters. The Morgan fingerprint density at radius 1 is 0.970 bits per heavy atom. The van der Waals surface area contributed by atoms with Crippen molar-refractivity contribution in [1.29, 1.82) is 0 Å². The number of esters is 1. The van der Waals surface area contributed by atoms with E-state index in [4.69, 9.17) is 4.74 Å². The zero-order chi connectivity index (χ0) is 24.5. The molecule has 3 N–H and O–H groups in total. The Morgan fingerprint density at radius 2 is 1.58 bits per heavy atom. The molecule has 0 fully saturated rings. The molecule has 11 nitrogen and oxygen atoms in total. The zero-order valence-electron chi connectivity index (χ0n) is 18.5. The number of anilines is 1. The van der Waals surface area contributed by atoms with Gasteiger partial charge in [-0.3, -0.25) is 33.7 Å². The van der Waals surface area contributed by atoms with Gasteiger partial charge in [0, 0.05) is 24.8 Å². The van der Waals surface area contributed by atoms with Crippen LogP contribution in [0.25, 0.3) is 0 Å². The Bertz CT molecular complexity index is 951. The Labute approximate surface area is 190 Å². The molecule has 0 saturated heterocycles. The summed E-state index contributed by atoms with van der Waals surface area (Å²) < 4.78 is 4.89. The summed E-state index contributed by atoms with van der Waals surface area (Å²) in [7, 11) is 0. The van der Waals surface area contributed by atoms with Gasteiger partial charge in [0.05, 0.1) is 6.54 Å². The molecule has 5 amide bonds. The third kappa shape index (κ3) is 7.87. The second kappa shape index (κ2) is 11.6. The minimum Gasteiger partial charge on any atom is -0.461 e. The fourth-order valence-electron chi connectivity index (χ4n) is 2.84. The molecular weight excluding hydrogens is 432 g/mol. The lowest BCUT2D eigenvalue weighted by atomic mass is 10.0. The van der Waals surface area contributed by atoms with E-state index in [0.717, 1.165) is 22.6 Å². The molecule has 1 aliphatic rings. The maximum Gasteiger partial charge on any atom is 0.302 e. The number of carbonyl (C=O) groups is 6. The average Bonchev–Trinajstić information content (AvgIpc) is 3.07. The van der Waals surface area contributed by atoms with Crippen molar-refractivity contribution in [3.8, 4) is 0 Å². The number of rotatable bonds is 10. The van der Waals surface area contributed by atoms with E-state index in [-0.39, 0.29) is 19.1 Å². The predicted octanol–water partition coefficient (Wildman–Crippen LogP) is -0.130. The minimum atomic E-state index is -0.966. The molecule has 1 atom stereocenters. The second-order valence-electron chi connectivity index (χ2n) is 7.63.